The molecule has 17 nitrogen and oxygen atoms in total. The topological polar surface area (TPSA) is 218 Å². The van der Waals surface area contributed by atoms with Crippen molar-refractivity contribution in [1.82, 2.24) is 24.8 Å². The van der Waals surface area contributed by atoms with Gasteiger partial charge in [-0.15, -0.1) is 0 Å². The summed E-state index contributed by atoms with van der Waals surface area (Å²) in [6.45, 7) is 9.18. The minimum absolute atomic E-state index is 0.0375. The number of aromatic nitrogens is 4. The van der Waals surface area contributed by atoms with Crippen LogP contribution in [0.3, 0.4) is 0 Å². The molecule has 440 valence electrons. The predicted octanol–water partition coefficient (Wildman–Crippen LogP) is 13.0. The smallest absolute Gasteiger partial charge is 0.416 e. The van der Waals surface area contributed by atoms with Gasteiger partial charge in [0, 0.05) is 67.5 Å². The number of hydrogen-bond acceptors (Lipinski definition) is 14. The summed E-state index contributed by atoms with van der Waals surface area (Å²) in [5.41, 5.74) is 5.92. The standard InChI is InChI=1S/C32H30F4N6O4.C20H19FN4O.C8H4F3NO/c1-31(2,3)46-30(45)42-13-11-41(12-14-42)27-18-37-25-10-7-19(15-26(25)40-27)28(43)23-17-22(8-9-24(23)33)39-29(44)38-21-6-4-5-20(16-21)32(34,35)36;21-16-6-5-14(22)11-15(16)20(26)13-4-7-17-18(10-13)24-19(12-23-17)25-8-2-1-3-9-25;9-8(10,11)6-2-1-3-7(4-6)12-5-13/h4-10,15-18H,11-14H2,1-3H3,(H2,38,39,44);4-7,10-12H,1-3,8-9,22H2;1-4H. The van der Waals surface area contributed by atoms with Gasteiger partial charge in [0.2, 0.25) is 6.08 Å². The molecule has 0 aliphatic carbocycles. The number of halogens is 8. The highest BCUT2D eigenvalue weighted by atomic mass is 19.4. The first-order chi connectivity index (χ1) is 40.3. The van der Waals surface area contributed by atoms with Crippen molar-refractivity contribution in [1.29, 1.82) is 0 Å². The Morgan fingerprint density at radius 3 is 1.62 bits per heavy atom. The van der Waals surface area contributed by atoms with Crippen molar-refractivity contribution in [3.63, 3.8) is 0 Å². The van der Waals surface area contributed by atoms with E-state index in [-0.39, 0.29) is 39.8 Å². The molecule has 2 aliphatic heterocycles. The predicted molar refractivity (Wildman–Crippen MR) is 303 cm³/mol. The molecule has 0 unspecified atom stereocenters. The number of carbonyl (C=O) groups is 4. The Kier molecular flexibility index (Phi) is 18.8. The van der Waals surface area contributed by atoms with E-state index in [4.69, 9.17) is 10.5 Å². The zero-order chi connectivity index (χ0) is 61.2. The molecule has 0 saturated carbocycles. The lowest BCUT2D eigenvalue weighted by Gasteiger charge is -2.36. The first-order valence-electron chi connectivity index (χ1n) is 26.3. The summed E-state index contributed by atoms with van der Waals surface area (Å²) in [4.78, 5) is 87.8. The van der Waals surface area contributed by atoms with Gasteiger partial charge in [-0.25, -0.2) is 33.1 Å². The van der Waals surface area contributed by atoms with Crippen LogP contribution in [0, 0.1) is 11.6 Å². The largest absolute Gasteiger partial charge is 0.444 e. The first kappa shape index (κ1) is 61.2. The fraction of sp³-hybridized carbons (Fsp3) is 0.250. The number of benzene rings is 6. The molecule has 8 aromatic rings. The molecule has 3 amide bonds. The molecular formula is C60H53F8N11O6. The molecule has 4 heterocycles. The number of nitrogens with one attached hydrogen (secondary N) is 2. The maximum absolute atomic E-state index is 14.8. The number of piperazine rings is 1. The fourth-order valence-corrected chi connectivity index (χ4v) is 8.83. The third kappa shape index (κ3) is 16.2. The second kappa shape index (κ2) is 26.1. The highest BCUT2D eigenvalue weighted by Crippen LogP contribution is 2.33. The van der Waals surface area contributed by atoms with E-state index < -0.39 is 58.3 Å². The Morgan fingerprint density at radius 1 is 0.576 bits per heavy atom. The quantitative estimate of drug-likeness (QED) is 0.0403. The number of hydrogen-bond donors (Lipinski definition) is 3. The summed E-state index contributed by atoms with van der Waals surface area (Å²) in [5, 5.41) is 4.70. The van der Waals surface area contributed by atoms with E-state index in [9.17, 15) is 59.1 Å². The maximum atomic E-state index is 14.8. The number of urea groups is 1. The van der Waals surface area contributed by atoms with Crippen LogP contribution in [0.2, 0.25) is 0 Å². The summed E-state index contributed by atoms with van der Waals surface area (Å²) >= 11 is 0. The molecule has 2 fully saturated rings. The summed E-state index contributed by atoms with van der Waals surface area (Å²) < 4.78 is 109. The normalized spacial score (nSPS) is 13.6. The van der Waals surface area contributed by atoms with Gasteiger partial charge < -0.3 is 35.8 Å². The number of nitrogens with zero attached hydrogens (tertiary/aromatic N) is 8. The molecule has 10 rings (SSSR count). The lowest BCUT2D eigenvalue weighted by Crippen LogP contribution is -2.50. The van der Waals surface area contributed by atoms with Crippen molar-refractivity contribution in [2.75, 3.05) is 65.4 Å². The van der Waals surface area contributed by atoms with E-state index in [0.29, 0.717) is 65.3 Å². The molecular weight excluding hydrogens is 1120 g/mol. The van der Waals surface area contributed by atoms with Crippen molar-refractivity contribution in [3.8, 4) is 0 Å². The lowest BCUT2D eigenvalue weighted by atomic mass is 10.0. The number of ether oxygens (including phenoxy) is 1. The van der Waals surface area contributed by atoms with Gasteiger partial charge in [-0.05, 0) is 149 Å². The Morgan fingerprint density at radius 2 is 1.08 bits per heavy atom. The summed E-state index contributed by atoms with van der Waals surface area (Å²) in [5.74, 6) is -1.16. The second-order valence-electron chi connectivity index (χ2n) is 20.4. The number of aliphatic imine (C=N–C) groups is 1. The van der Waals surface area contributed by atoms with Gasteiger partial charge in [0.05, 0.1) is 62.4 Å². The van der Waals surface area contributed by atoms with Crippen molar-refractivity contribution in [3.05, 3.63) is 179 Å². The van der Waals surface area contributed by atoms with Crippen LogP contribution in [-0.4, -0.2) is 99.5 Å². The van der Waals surface area contributed by atoms with Gasteiger partial charge >= 0.3 is 24.5 Å². The number of amides is 3. The summed E-state index contributed by atoms with van der Waals surface area (Å²) in [6, 6.07) is 24.3. The van der Waals surface area contributed by atoms with Crippen LogP contribution >= 0.6 is 0 Å². The zero-order valence-corrected chi connectivity index (χ0v) is 45.7. The van der Waals surface area contributed by atoms with E-state index in [1.807, 2.05) is 4.90 Å². The number of ketones is 2. The SMILES string of the molecule is CC(C)(C)OC(=O)N1CCN(c2cnc3ccc(C(=O)c4cc(NC(=O)Nc5cccc(C(F)(F)F)c5)ccc4F)cc3n2)CC1.Nc1ccc(F)c(C(=O)c2ccc3ncc(N4CCCCC4)nc3c2)c1.O=C=Nc1cccc(C(F)(F)F)c1. The van der Waals surface area contributed by atoms with Gasteiger partial charge in [-0.1, -0.05) is 12.1 Å². The van der Waals surface area contributed by atoms with Crippen molar-refractivity contribution >= 4 is 86.2 Å². The number of anilines is 5. The minimum Gasteiger partial charge on any atom is -0.444 e. The maximum Gasteiger partial charge on any atom is 0.416 e. The monoisotopic (exact) mass is 1180 g/mol. The van der Waals surface area contributed by atoms with Crippen molar-refractivity contribution < 1.29 is 63.8 Å². The molecule has 85 heavy (non-hydrogen) atoms. The minimum atomic E-state index is -4.59. The molecule has 0 radical (unpaired) electrons. The molecule has 0 atom stereocenters. The number of fused-ring (bicyclic) bond motifs is 2. The first-order valence-corrected chi connectivity index (χ1v) is 26.3. The average molecular weight is 1180 g/mol. The van der Waals surface area contributed by atoms with Crippen LogP contribution in [0.5, 0.6) is 0 Å². The Balaban J connectivity index is 0.000000200. The molecule has 0 spiro atoms. The van der Waals surface area contributed by atoms with Gasteiger partial charge in [-0.2, -0.15) is 31.3 Å². The van der Waals surface area contributed by atoms with Crippen LogP contribution in [-0.2, 0) is 21.9 Å². The molecule has 2 aliphatic rings. The van der Waals surface area contributed by atoms with Gasteiger partial charge in [0.1, 0.15) is 28.9 Å². The number of isocyanates is 1. The second-order valence-corrected chi connectivity index (χ2v) is 20.4. The molecule has 0 bridgehead atoms. The highest BCUT2D eigenvalue weighted by Gasteiger charge is 2.32. The van der Waals surface area contributed by atoms with Crippen LogP contribution in [0.4, 0.5) is 79.1 Å². The van der Waals surface area contributed by atoms with E-state index in [1.54, 1.807) is 62.3 Å². The fourth-order valence-electron chi connectivity index (χ4n) is 8.83. The zero-order valence-electron chi connectivity index (χ0n) is 45.7. The van der Waals surface area contributed by atoms with Gasteiger partial charge in [-0.3, -0.25) is 19.6 Å². The third-order valence-corrected chi connectivity index (χ3v) is 13.0. The summed E-state index contributed by atoms with van der Waals surface area (Å²) in [7, 11) is 0. The van der Waals surface area contributed by atoms with Crippen LogP contribution in [0.15, 0.2) is 139 Å². The van der Waals surface area contributed by atoms with Gasteiger partial charge in [0.25, 0.3) is 0 Å². The van der Waals surface area contributed by atoms with E-state index >= 15 is 0 Å². The van der Waals surface area contributed by atoms with Gasteiger partial charge in [0.15, 0.2) is 11.6 Å². The Hall–Kier alpha value is -9.90. The Bertz CT molecular complexity index is 3840. The number of nitrogens with two attached hydrogens (primary N) is 1. The molecule has 6 aromatic carbocycles. The van der Waals surface area contributed by atoms with Crippen LogP contribution in [0.25, 0.3) is 22.1 Å². The number of rotatable bonds is 9. The number of carbonyl (C=O) groups excluding carboxylic acids is 5. The Labute approximate surface area is 480 Å². The van der Waals surface area contributed by atoms with E-state index in [1.165, 1.54) is 67.1 Å². The van der Waals surface area contributed by atoms with Crippen LogP contribution < -0.4 is 26.2 Å². The molecule has 4 N–H and O–H groups in total. The van der Waals surface area contributed by atoms with E-state index in [0.717, 1.165) is 74.2 Å². The summed E-state index contributed by atoms with van der Waals surface area (Å²) in [6.07, 6.45) is -1.31. The molecule has 2 saturated heterocycles. The number of alkyl halides is 6. The lowest BCUT2D eigenvalue weighted by molar-refractivity contribution is -0.138. The third-order valence-electron chi connectivity index (χ3n) is 13.0. The van der Waals surface area contributed by atoms with Crippen molar-refractivity contribution in [2.24, 2.45) is 4.99 Å². The van der Waals surface area contributed by atoms with Crippen LogP contribution in [0.1, 0.15) is 83.0 Å². The number of nitrogen functional groups attached to an aromatic ring is 1. The molecule has 2 aromatic heterocycles. The highest BCUT2D eigenvalue weighted by molar-refractivity contribution is 6.12. The van der Waals surface area contributed by atoms with Crippen molar-refractivity contribution in [2.45, 2.75) is 58.0 Å². The number of piperidine rings is 1. The molecule has 25 heteroatoms. The average Bonchev–Trinajstić information content (AvgIpc) is 2.93. The van der Waals surface area contributed by atoms with E-state index in [2.05, 4.69) is 40.5 Å².